The highest BCUT2D eigenvalue weighted by atomic mass is 16.5. The Balaban J connectivity index is 2.64. The number of hydrogen-bond acceptors (Lipinski definition) is 4. The molecule has 0 aliphatic carbocycles. The van der Waals surface area contributed by atoms with E-state index in [4.69, 9.17) is 4.74 Å². The van der Waals surface area contributed by atoms with Crippen LogP contribution in [0.4, 0.5) is 0 Å². The Hall–Kier alpha value is -2.57. The topological polar surface area (TPSA) is 96.9 Å². The van der Waals surface area contributed by atoms with Gasteiger partial charge in [0.25, 0.3) is 0 Å². The second-order valence-corrected chi connectivity index (χ2v) is 3.26. The molecular formula is C10H9N3O4. The minimum absolute atomic E-state index is 0.146. The standard InChI is InChI=1S/C10H9N3O4/c1-6(14)17-8-5-3-2-4-7(8)13-9(15)11-12-10(13)16/h2-5H,1H3,(H,11,15)(H,12,16). The zero-order valence-corrected chi connectivity index (χ0v) is 8.89. The number of H-pyrrole nitrogens is 2. The number of carbonyl (C=O) groups excluding carboxylic acids is 1. The summed E-state index contributed by atoms with van der Waals surface area (Å²) in [5.74, 6) is -0.385. The largest absolute Gasteiger partial charge is 0.424 e. The maximum Gasteiger partial charge on any atom is 0.349 e. The fourth-order valence-corrected chi connectivity index (χ4v) is 1.41. The molecule has 17 heavy (non-hydrogen) atoms. The number of aromatic amines is 2. The third-order valence-electron chi connectivity index (χ3n) is 2.04. The average molecular weight is 235 g/mol. The normalized spacial score (nSPS) is 10.2. The minimum atomic E-state index is -0.630. The van der Waals surface area contributed by atoms with Crippen LogP contribution in [0.5, 0.6) is 5.75 Å². The number of para-hydroxylation sites is 2. The summed E-state index contributed by atoms with van der Waals surface area (Å²) in [4.78, 5) is 33.7. The Bertz CT molecular complexity index is 637. The van der Waals surface area contributed by atoms with Crippen molar-refractivity contribution in [1.29, 1.82) is 0 Å². The lowest BCUT2D eigenvalue weighted by Crippen LogP contribution is -2.25. The van der Waals surface area contributed by atoms with Crippen molar-refractivity contribution >= 4 is 5.97 Å². The number of aromatic nitrogens is 3. The van der Waals surface area contributed by atoms with Crippen LogP contribution in [0, 0.1) is 0 Å². The van der Waals surface area contributed by atoms with Gasteiger partial charge >= 0.3 is 17.3 Å². The Morgan fingerprint density at radius 3 is 2.35 bits per heavy atom. The molecule has 7 nitrogen and oxygen atoms in total. The van der Waals surface area contributed by atoms with E-state index < -0.39 is 17.3 Å². The van der Waals surface area contributed by atoms with Crippen LogP contribution in [-0.4, -0.2) is 20.7 Å². The predicted octanol–water partition coefficient (Wildman–Crippen LogP) is -0.221. The highest BCUT2D eigenvalue weighted by Crippen LogP contribution is 2.19. The number of ether oxygens (including phenoxy) is 1. The van der Waals surface area contributed by atoms with Crippen molar-refractivity contribution in [2.24, 2.45) is 0 Å². The molecule has 7 heteroatoms. The van der Waals surface area contributed by atoms with Gasteiger partial charge in [0.05, 0.1) is 5.69 Å². The van der Waals surface area contributed by atoms with E-state index in [2.05, 4.69) is 10.2 Å². The molecule has 1 aromatic heterocycles. The lowest BCUT2D eigenvalue weighted by Gasteiger charge is -2.06. The first-order valence-electron chi connectivity index (χ1n) is 4.77. The first-order chi connectivity index (χ1) is 8.09. The van der Waals surface area contributed by atoms with Gasteiger partial charge in [0.15, 0.2) is 5.75 Å². The lowest BCUT2D eigenvalue weighted by molar-refractivity contribution is -0.131. The fraction of sp³-hybridized carbons (Fsp3) is 0.100. The monoisotopic (exact) mass is 235 g/mol. The van der Waals surface area contributed by atoms with E-state index in [1.165, 1.54) is 19.1 Å². The van der Waals surface area contributed by atoms with Crippen LogP contribution in [0.15, 0.2) is 33.9 Å². The quantitative estimate of drug-likeness (QED) is 0.555. The average Bonchev–Trinajstić information content (AvgIpc) is 2.59. The van der Waals surface area contributed by atoms with E-state index >= 15 is 0 Å². The van der Waals surface area contributed by atoms with E-state index in [1.807, 2.05) is 0 Å². The minimum Gasteiger partial charge on any atom is -0.424 e. The van der Waals surface area contributed by atoms with Crippen molar-refractivity contribution < 1.29 is 9.53 Å². The molecule has 0 radical (unpaired) electrons. The highest BCUT2D eigenvalue weighted by molar-refractivity contribution is 5.70. The molecule has 0 amide bonds. The maximum atomic E-state index is 11.4. The molecule has 0 spiro atoms. The van der Waals surface area contributed by atoms with Crippen LogP contribution < -0.4 is 16.1 Å². The van der Waals surface area contributed by atoms with Crippen molar-refractivity contribution in [3.05, 3.63) is 45.2 Å². The van der Waals surface area contributed by atoms with Crippen LogP contribution in [0.2, 0.25) is 0 Å². The van der Waals surface area contributed by atoms with Gasteiger partial charge in [0, 0.05) is 6.92 Å². The van der Waals surface area contributed by atoms with Crippen molar-refractivity contribution in [3.8, 4) is 11.4 Å². The molecule has 0 bridgehead atoms. The van der Waals surface area contributed by atoms with Gasteiger partial charge in [-0.05, 0) is 12.1 Å². The number of hydrogen-bond donors (Lipinski definition) is 2. The Morgan fingerprint density at radius 1 is 1.18 bits per heavy atom. The van der Waals surface area contributed by atoms with Gasteiger partial charge in [-0.2, -0.15) is 0 Å². The number of rotatable bonds is 2. The molecule has 88 valence electrons. The molecular weight excluding hydrogens is 226 g/mol. The second-order valence-electron chi connectivity index (χ2n) is 3.26. The SMILES string of the molecule is CC(=O)Oc1ccccc1-n1c(=O)[nH][nH]c1=O. The number of carbonyl (C=O) groups is 1. The number of nitrogens with one attached hydrogen (secondary N) is 2. The second kappa shape index (κ2) is 4.12. The smallest absolute Gasteiger partial charge is 0.349 e. The fourth-order valence-electron chi connectivity index (χ4n) is 1.41. The van der Waals surface area contributed by atoms with Gasteiger partial charge in [-0.1, -0.05) is 12.1 Å². The van der Waals surface area contributed by atoms with Crippen LogP contribution in [0.1, 0.15) is 6.92 Å². The molecule has 0 unspecified atom stereocenters. The molecule has 2 N–H and O–H groups in total. The maximum absolute atomic E-state index is 11.4. The third kappa shape index (κ3) is 2.03. The van der Waals surface area contributed by atoms with Crippen LogP contribution in [0.25, 0.3) is 5.69 Å². The number of nitrogens with zero attached hydrogens (tertiary/aromatic N) is 1. The van der Waals surface area contributed by atoms with Gasteiger partial charge in [0.1, 0.15) is 0 Å². The molecule has 0 aliphatic heterocycles. The van der Waals surface area contributed by atoms with E-state index in [0.717, 1.165) is 4.57 Å². The predicted molar refractivity (Wildman–Crippen MR) is 58.3 cm³/mol. The molecule has 1 heterocycles. The number of esters is 1. The van der Waals surface area contributed by atoms with Gasteiger partial charge in [-0.15, -0.1) is 0 Å². The summed E-state index contributed by atoms with van der Waals surface area (Å²) < 4.78 is 5.76. The Kier molecular flexibility index (Phi) is 2.65. The van der Waals surface area contributed by atoms with Gasteiger partial charge < -0.3 is 4.74 Å². The van der Waals surface area contributed by atoms with Crippen molar-refractivity contribution in [2.45, 2.75) is 6.92 Å². The van der Waals surface area contributed by atoms with Crippen molar-refractivity contribution in [1.82, 2.24) is 14.8 Å². The van der Waals surface area contributed by atoms with E-state index in [0.29, 0.717) is 0 Å². The summed E-state index contributed by atoms with van der Waals surface area (Å²) in [6.45, 7) is 1.24. The zero-order chi connectivity index (χ0) is 12.4. The molecule has 2 rings (SSSR count). The molecule has 0 aliphatic rings. The van der Waals surface area contributed by atoms with E-state index in [9.17, 15) is 14.4 Å². The van der Waals surface area contributed by atoms with E-state index in [-0.39, 0.29) is 11.4 Å². The first kappa shape index (κ1) is 10.9. The summed E-state index contributed by atoms with van der Waals surface area (Å²) in [6, 6.07) is 6.26. The van der Waals surface area contributed by atoms with Gasteiger partial charge in [-0.3, -0.25) is 4.79 Å². The van der Waals surface area contributed by atoms with Crippen molar-refractivity contribution in [3.63, 3.8) is 0 Å². The van der Waals surface area contributed by atoms with Gasteiger partial charge in [0.2, 0.25) is 0 Å². The summed E-state index contributed by atoms with van der Waals surface area (Å²) in [6.07, 6.45) is 0. The third-order valence-corrected chi connectivity index (χ3v) is 2.04. The first-order valence-corrected chi connectivity index (χ1v) is 4.77. The van der Waals surface area contributed by atoms with Gasteiger partial charge in [-0.25, -0.2) is 24.4 Å². The van der Waals surface area contributed by atoms with Crippen LogP contribution in [0.3, 0.4) is 0 Å². The highest BCUT2D eigenvalue weighted by Gasteiger charge is 2.12. The Morgan fingerprint density at radius 2 is 1.76 bits per heavy atom. The van der Waals surface area contributed by atoms with Crippen LogP contribution >= 0.6 is 0 Å². The van der Waals surface area contributed by atoms with E-state index in [1.54, 1.807) is 12.1 Å². The molecule has 0 atom stereocenters. The lowest BCUT2D eigenvalue weighted by atomic mass is 10.3. The van der Waals surface area contributed by atoms with Crippen LogP contribution in [-0.2, 0) is 4.79 Å². The van der Waals surface area contributed by atoms with Crippen molar-refractivity contribution in [2.75, 3.05) is 0 Å². The molecule has 0 saturated heterocycles. The zero-order valence-electron chi connectivity index (χ0n) is 8.89. The molecule has 1 aromatic carbocycles. The Labute approximate surface area is 94.6 Å². The summed E-state index contributed by atoms with van der Waals surface area (Å²) in [5, 5.41) is 4.29. The summed E-state index contributed by atoms with van der Waals surface area (Å²) in [5.41, 5.74) is -1.06. The number of benzene rings is 1. The summed E-state index contributed by atoms with van der Waals surface area (Å²) in [7, 11) is 0. The molecule has 2 aromatic rings. The summed E-state index contributed by atoms with van der Waals surface area (Å²) >= 11 is 0. The molecule has 0 saturated carbocycles. The molecule has 0 fully saturated rings.